The number of primary amides is 1. The van der Waals surface area contributed by atoms with Crippen molar-refractivity contribution in [3.05, 3.63) is 0 Å². The molecule has 0 spiro atoms. The molecule has 0 aliphatic carbocycles. The number of rotatable bonds is 56. The van der Waals surface area contributed by atoms with Crippen molar-refractivity contribution in [3.63, 3.8) is 0 Å². The first kappa shape index (κ1) is 116. The van der Waals surface area contributed by atoms with Crippen molar-refractivity contribution >= 4 is 136 Å². The highest BCUT2D eigenvalue weighted by Gasteiger charge is 2.44. The number of carboxylic acid groups (broad SMARTS) is 1. The van der Waals surface area contributed by atoms with Crippen molar-refractivity contribution in [1.29, 1.82) is 0 Å². The number of carboxylic acids is 1. The Kier molecular flexibility index (Phi) is 50.7. The second kappa shape index (κ2) is 56.4. The van der Waals surface area contributed by atoms with Gasteiger partial charge in [-0.3, -0.25) is 95.9 Å². The molecule has 1 heterocycles. The average Bonchev–Trinajstić information content (AvgIpc) is 1.71. The SMILES string of the molecule is CSCC[C@H](NC(=O)[C@@H](NC(=O)[C@H](CC(C)C)NC(=O)[C@H](C)N)C(C)C)C(=O)N[C@H](C(=O)N[C@@H](CCC(N)=O)C(=O)N[C@H](C(=O)N1CCC[C@H]1C(=O)N[C@@H](C)C(=O)N[C@@H](CO)C(=O)N[C@H](C(=O)N[C@@H](CO)C(=O)N[C@@H](C)C(=O)N[C@@H](C)C(=O)N[C@H](C(=O)NCC(=O)NCC(=O)N[C@H](C(=O)N[C@H](C(=O)N[C@H](C(=O)O)[C@@H](C)O)C(C)C)[C@@H](C)O)C(C)C)C(C)C)[C@@H](C)O)[C@@H](C)O. The Morgan fingerprint density at radius 1 is 0.364 bits per heavy atom. The molecule has 129 heavy (non-hydrogen) atoms. The summed E-state index contributed by atoms with van der Waals surface area (Å²) in [6.45, 7) is 21.3. The van der Waals surface area contributed by atoms with Crippen LogP contribution in [0.3, 0.4) is 0 Å². The van der Waals surface area contributed by atoms with Crippen molar-refractivity contribution in [3.8, 4) is 0 Å². The predicted molar refractivity (Wildman–Crippen MR) is 461 cm³/mol. The van der Waals surface area contributed by atoms with Gasteiger partial charge < -0.3 is 148 Å². The minimum atomic E-state index is -1.89. The summed E-state index contributed by atoms with van der Waals surface area (Å²) in [5.74, 6) is -24.0. The van der Waals surface area contributed by atoms with E-state index in [0.717, 1.165) is 32.6 Å². The molecule has 1 aliphatic heterocycles. The summed E-state index contributed by atoms with van der Waals surface area (Å²) in [5.41, 5.74) is 11.2. The monoisotopic (exact) mass is 1860 g/mol. The highest BCUT2D eigenvalue weighted by molar-refractivity contribution is 7.98. The number of carbonyl (C=O) groups is 21. The maximum Gasteiger partial charge on any atom is 0.328 e. The van der Waals surface area contributed by atoms with Gasteiger partial charge in [0.1, 0.15) is 96.7 Å². The maximum absolute atomic E-state index is 14.4. The Hall–Kier alpha value is -11.1. The highest BCUT2D eigenvalue weighted by Crippen LogP contribution is 2.21. The Bertz CT molecular complexity index is 3890. The minimum absolute atomic E-state index is 0.0431. The third-order valence-electron chi connectivity index (χ3n) is 20.1. The number of hydrogen-bond acceptors (Lipinski definition) is 29. The number of carbonyl (C=O) groups excluding carboxylic acids is 20. The summed E-state index contributed by atoms with van der Waals surface area (Å²) in [6.07, 6.45) is -5.73. The lowest BCUT2D eigenvalue weighted by atomic mass is 9.99. The zero-order valence-corrected chi connectivity index (χ0v) is 77.1. The highest BCUT2D eigenvalue weighted by atomic mass is 32.2. The second-order valence-corrected chi connectivity index (χ2v) is 34.5. The number of aliphatic hydroxyl groups is 6. The van der Waals surface area contributed by atoms with Gasteiger partial charge in [-0.1, -0.05) is 69.2 Å². The van der Waals surface area contributed by atoms with E-state index < -0.39 is 320 Å². The van der Waals surface area contributed by atoms with E-state index in [1.807, 2.05) is 13.8 Å². The molecular formula is C79H137N21O28S. The van der Waals surface area contributed by atoms with Gasteiger partial charge in [0.2, 0.25) is 118 Å². The number of likely N-dealkylation sites (tertiary alicyclic amines) is 1. The van der Waals surface area contributed by atoms with E-state index in [0.29, 0.717) is 0 Å². The second-order valence-electron chi connectivity index (χ2n) is 33.5. The topological polar surface area (TPSA) is 772 Å². The molecule has 1 saturated heterocycles. The van der Waals surface area contributed by atoms with Crippen LogP contribution in [0.4, 0.5) is 0 Å². The molecule has 732 valence electrons. The van der Waals surface area contributed by atoms with Gasteiger partial charge in [-0.25, -0.2) is 4.79 Å². The molecule has 0 aromatic carbocycles. The van der Waals surface area contributed by atoms with Gasteiger partial charge in [0.25, 0.3) is 0 Å². The quantitative estimate of drug-likeness (QED) is 0.0269. The molecule has 0 bridgehead atoms. The number of nitrogens with one attached hydrogen (secondary N) is 18. The summed E-state index contributed by atoms with van der Waals surface area (Å²) in [7, 11) is 0. The lowest BCUT2D eigenvalue weighted by molar-refractivity contribution is -0.145. The Morgan fingerprint density at radius 2 is 0.698 bits per heavy atom. The largest absolute Gasteiger partial charge is 0.480 e. The van der Waals surface area contributed by atoms with Gasteiger partial charge in [0.15, 0.2) is 6.04 Å². The number of aliphatic carboxylic acids is 1. The number of aliphatic hydroxyl groups excluding tert-OH is 6. The van der Waals surface area contributed by atoms with Crippen LogP contribution in [0.2, 0.25) is 0 Å². The van der Waals surface area contributed by atoms with Gasteiger partial charge in [0, 0.05) is 13.0 Å². The fraction of sp³-hybridized carbons (Fsp3) is 0.734. The lowest BCUT2D eigenvalue weighted by Gasteiger charge is -2.32. The minimum Gasteiger partial charge on any atom is -0.480 e. The number of thioether (sulfide) groups is 1. The molecule has 0 unspecified atom stereocenters. The summed E-state index contributed by atoms with van der Waals surface area (Å²) in [4.78, 5) is 282. The van der Waals surface area contributed by atoms with Crippen molar-refractivity contribution in [1.82, 2.24) is 101 Å². The molecule has 49 nitrogen and oxygen atoms in total. The fourth-order valence-electron chi connectivity index (χ4n) is 12.4. The van der Waals surface area contributed by atoms with Crippen molar-refractivity contribution in [2.75, 3.05) is 44.9 Å². The number of amides is 20. The first-order chi connectivity index (χ1) is 59.9. The summed E-state index contributed by atoms with van der Waals surface area (Å²) < 4.78 is 0. The Labute approximate surface area is 752 Å². The van der Waals surface area contributed by atoms with Gasteiger partial charge >= 0.3 is 5.97 Å². The molecule has 22 atom stereocenters. The summed E-state index contributed by atoms with van der Waals surface area (Å²) in [5, 5.41) is 114. The smallest absolute Gasteiger partial charge is 0.328 e. The van der Waals surface area contributed by atoms with Crippen LogP contribution in [-0.2, 0) is 101 Å². The van der Waals surface area contributed by atoms with Crippen LogP contribution in [0.25, 0.3) is 0 Å². The summed E-state index contributed by atoms with van der Waals surface area (Å²) >= 11 is 1.29. The van der Waals surface area contributed by atoms with E-state index in [-0.39, 0.29) is 43.9 Å². The zero-order chi connectivity index (χ0) is 99.2. The maximum atomic E-state index is 14.4. The first-order valence-electron chi connectivity index (χ1n) is 42.3. The third kappa shape index (κ3) is 39.4. The third-order valence-corrected chi connectivity index (χ3v) is 20.8. The molecule has 0 saturated carbocycles. The van der Waals surface area contributed by atoms with Crippen LogP contribution in [0.1, 0.15) is 163 Å². The van der Waals surface area contributed by atoms with Crippen molar-refractivity contribution in [2.24, 2.45) is 41.1 Å². The van der Waals surface area contributed by atoms with E-state index in [1.165, 1.54) is 81.0 Å². The molecule has 50 heteroatoms. The molecule has 29 N–H and O–H groups in total. The normalized spacial score (nSPS) is 17.4. The van der Waals surface area contributed by atoms with E-state index in [9.17, 15) is 136 Å². The van der Waals surface area contributed by atoms with Crippen molar-refractivity contribution < 1.29 is 136 Å². The van der Waals surface area contributed by atoms with Crippen LogP contribution in [-0.4, -0.2) is 343 Å². The van der Waals surface area contributed by atoms with Gasteiger partial charge in [-0.15, -0.1) is 0 Å². The molecule has 1 aliphatic rings. The molecule has 0 radical (unpaired) electrons. The Balaban J connectivity index is 3.13. The van der Waals surface area contributed by atoms with E-state index >= 15 is 0 Å². The van der Waals surface area contributed by atoms with Crippen LogP contribution in [0, 0.1) is 29.6 Å². The van der Waals surface area contributed by atoms with Crippen LogP contribution in [0.15, 0.2) is 0 Å². The first-order valence-corrected chi connectivity index (χ1v) is 43.7. The zero-order valence-electron chi connectivity index (χ0n) is 76.3. The van der Waals surface area contributed by atoms with E-state index in [1.54, 1.807) is 20.1 Å². The van der Waals surface area contributed by atoms with Crippen molar-refractivity contribution in [2.45, 2.75) is 296 Å². The van der Waals surface area contributed by atoms with Gasteiger partial charge in [-0.2, -0.15) is 11.8 Å². The van der Waals surface area contributed by atoms with Gasteiger partial charge in [-0.05, 0) is 129 Å². The lowest BCUT2D eigenvalue weighted by Crippen LogP contribution is -2.63. The van der Waals surface area contributed by atoms with Crippen LogP contribution < -0.4 is 107 Å². The molecular weight excluding hydrogens is 1720 g/mol. The molecule has 0 aromatic heterocycles. The number of nitrogens with two attached hydrogens (primary N) is 2. The standard InChI is InChI=1S/C79H137N21O28S/c1-32(2)27-47(89-62(110)37(11)80)68(116)94-55(34(5)6)73(121)88-46(24-26-129-19)67(115)97-59(42(16)104)76(124)87-45(22-23-51(81)107)66(114)98-60(43(17)105)78(126)100-25-20-21-50(100)71(119)86-39(13)64(112)90-49(31-102)70(118)95-56(35(7)8)74(122)91-48(30-101)69(117)85-38(12)63(111)84-40(14)65(113)93-54(33(3)4)72(120)83-28-52(108)82-29-53(109)92-58(41(15)103)77(125)96-57(36(9)10)75(123)99-61(44(18)106)79(127)128/h32-50,54-61,101-106H,20-31,80H2,1-19H3,(H2,81,107)(H,82,108)(H,83,120)(H,84,111)(H,85,117)(H,86,119)(H,87,124)(H,88,121)(H,89,110)(H,90,112)(H,91,122)(H,92,109)(H,93,113)(H,94,116)(H,95,118)(H,96,125)(H,97,115)(H,98,114)(H,99,123)(H,127,128)/t37-,38-,39-,40-,41+,42+,43+,44+,45-,46-,47-,48-,49-,50-,54-,55-,56-,57-,58-,59-,60-,61-/m0/s1. The predicted octanol–water partition coefficient (Wildman–Crippen LogP) is -11.3. The molecule has 0 aromatic rings. The molecule has 20 amide bonds. The van der Waals surface area contributed by atoms with E-state index in [2.05, 4.69) is 95.7 Å². The molecule has 1 rings (SSSR count). The Morgan fingerprint density at radius 3 is 1.14 bits per heavy atom. The van der Waals surface area contributed by atoms with Crippen LogP contribution >= 0.6 is 11.8 Å². The van der Waals surface area contributed by atoms with E-state index in [4.69, 9.17) is 11.5 Å². The molecule has 1 fully saturated rings. The fourth-order valence-corrected chi connectivity index (χ4v) is 12.9. The average molecular weight is 1860 g/mol. The van der Waals surface area contributed by atoms with Crippen LogP contribution in [0.5, 0.6) is 0 Å². The number of nitrogens with zero attached hydrogens (tertiary/aromatic N) is 1. The van der Waals surface area contributed by atoms with Gasteiger partial charge in [0.05, 0.1) is 56.8 Å². The summed E-state index contributed by atoms with van der Waals surface area (Å²) in [6, 6.07) is -27.5. The number of hydrogen-bond donors (Lipinski definition) is 27.